The van der Waals surface area contributed by atoms with E-state index in [1.54, 1.807) is 54.5 Å². The van der Waals surface area contributed by atoms with Crippen LogP contribution >= 0.6 is 0 Å². The molecule has 1 fully saturated rings. The molecule has 0 bridgehead atoms. The zero-order chi connectivity index (χ0) is 25.9. The van der Waals surface area contributed by atoms with Gasteiger partial charge in [-0.15, -0.1) is 0 Å². The number of carbonyl (C=O) groups is 2. The number of carbonyl (C=O) groups excluding carboxylic acids is 2. The molecule has 4 aromatic rings. The van der Waals surface area contributed by atoms with Crippen molar-refractivity contribution in [2.75, 3.05) is 29.0 Å². The predicted molar refractivity (Wildman–Crippen MR) is 141 cm³/mol. The number of pyridine rings is 1. The summed E-state index contributed by atoms with van der Waals surface area (Å²) in [5.41, 5.74) is 2.47. The second kappa shape index (κ2) is 10.0. The maximum Gasteiger partial charge on any atom is 0.247 e. The number of amides is 2. The third kappa shape index (κ3) is 5.22. The number of anilines is 4. The summed E-state index contributed by atoms with van der Waals surface area (Å²) in [5.74, 6) is 0.252. The molecule has 1 saturated heterocycles. The van der Waals surface area contributed by atoms with Crippen molar-refractivity contribution < 1.29 is 14.0 Å². The van der Waals surface area contributed by atoms with Crippen LogP contribution in [0.5, 0.6) is 0 Å². The summed E-state index contributed by atoms with van der Waals surface area (Å²) in [6.45, 7) is 6.32. The van der Waals surface area contributed by atoms with Crippen molar-refractivity contribution in [1.29, 1.82) is 0 Å². The highest BCUT2D eigenvalue weighted by Crippen LogP contribution is 2.32. The lowest BCUT2D eigenvalue weighted by molar-refractivity contribution is -0.132. The first-order chi connectivity index (χ1) is 17.9. The smallest absolute Gasteiger partial charge is 0.247 e. The van der Waals surface area contributed by atoms with Gasteiger partial charge in [-0.25, -0.2) is 19.3 Å². The highest BCUT2D eigenvalue weighted by atomic mass is 19.1. The van der Waals surface area contributed by atoms with Gasteiger partial charge in [0.25, 0.3) is 0 Å². The molecule has 3 N–H and O–H groups in total. The number of nitrogens with one attached hydrogen (secondary N) is 3. The van der Waals surface area contributed by atoms with Crippen LogP contribution < -0.4 is 16.0 Å². The molecule has 0 saturated carbocycles. The van der Waals surface area contributed by atoms with E-state index in [1.165, 1.54) is 12.1 Å². The quantitative estimate of drug-likeness (QED) is 0.326. The lowest BCUT2D eigenvalue weighted by atomic mass is 10.0. The standard InChI is InChI=1S/C27H24FN7O2/c1-3-24(37)32-19-6-4-5-17(11-19)25-22(28)9-7-18-12-30-27(34-26(18)25)33-20-8-10-23(29-13-20)31-21-14-35(15-21)16(2)36/h3-13,21H,1,14-15H2,2H3,(H,29,31)(H,32,37)(H,30,33,34). The van der Waals surface area contributed by atoms with Gasteiger partial charge in [0.1, 0.15) is 11.6 Å². The summed E-state index contributed by atoms with van der Waals surface area (Å²) in [6.07, 6.45) is 4.44. The Kier molecular flexibility index (Phi) is 6.46. The number of benzene rings is 2. The van der Waals surface area contributed by atoms with E-state index in [-0.39, 0.29) is 23.8 Å². The molecule has 2 aromatic heterocycles. The average Bonchev–Trinajstić information content (AvgIpc) is 2.86. The largest absolute Gasteiger partial charge is 0.364 e. The Morgan fingerprint density at radius 2 is 1.92 bits per heavy atom. The molecule has 10 heteroatoms. The van der Waals surface area contributed by atoms with Crippen LogP contribution in [0.15, 0.2) is 73.6 Å². The van der Waals surface area contributed by atoms with Gasteiger partial charge in [0.05, 0.1) is 23.4 Å². The second-order valence-corrected chi connectivity index (χ2v) is 8.65. The zero-order valence-corrected chi connectivity index (χ0v) is 20.0. The summed E-state index contributed by atoms with van der Waals surface area (Å²) in [4.78, 5) is 38.2. The number of hydrogen-bond donors (Lipinski definition) is 3. The minimum atomic E-state index is -0.444. The van der Waals surface area contributed by atoms with Gasteiger partial charge in [-0.3, -0.25) is 9.59 Å². The first-order valence-electron chi connectivity index (χ1n) is 11.6. The zero-order valence-electron chi connectivity index (χ0n) is 20.0. The van der Waals surface area contributed by atoms with Crippen LogP contribution in [0.1, 0.15) is 6.92 Å². The van der Waals surface area contributed by atoms with Crippen molar-refractivity contribution in [3.63, 3.8) is 0 Å². The summed E-state index contributed by atoms with van der Waals surface area (Å²) in [7, 11) is 0. The number of hydrogen-bond acceptors (Lipinski definition) is 7. The summed E-state index contributed by atoms with van der Waals surface area (Å²) < 4.78 is 15.1. The fraction of sp³-hybridized carbons (Fsp3) is 0.148. The molecule has 1 aliphatic rings. The Labute approximate surface area is 212 Å². The molecule has 37 heavy (non-hydrogen) atoms. The molecule has 0 aliphatic carbocycles. The number of nitrogens with zero attached hydrogens (tertiary/aromatic N) is 4. The number of halogens is 1. The van der Waals surface area contributed by atoms with Crippen molar-refractivity contribution in [2.45, 2.75) is 13.0 Å². The van der Waals surface area contributed by atoms with Crippen LogP contribution in [-0.2, 0) is 9.59 Å². The fourth-order valence-electron chi connectivity index (χ4n) is 4.07. The molecule has 5 rings (SSSR count). The van der Waals surface area contributed by atoms with E-state index in [0.29, 0.717) is 52.3 Å². The molecule has 0 spiro atoms. The van der Waals surface area contributed by atoms with E-state index < -0.39 is 5.82 Å². The van der Waals surface area contributed by atoms with E-state index in [2.05, 4.69) is 37.5 Å². The van der Waals surface area contributed by atoms with Crippen LogP contribution in [0.2, 0.25) is 0 Å². The van der Waals surface area contributed by atoms with Gasteiger partial charge < -0.3 is 20.9 Å². The van der Waals surface area contributed by atoms with Crippen molar-refractivity contribution in [1.82, 2.24) is 19.9 Å². The van der Waals surface area contributed by atoms with Gasteiger partial charge in [0.2, 0.25) is 17.8 Å². The van der Waals surface area contributed by atoms with Crippen LogP contribution in [0.3, 0.4) is 0 Å². The molecule has 0 radical (unpaired) electrons. The van der Waals surface area contributed by atoms with Crippen molar-refractivity contribution in [2.24, 2.45) is 0 Å². The number of fused-ring (bicyclic) bond motifs is 1. The van der Waals surface area contributed by atoms with Gasteiger partial charge >= 0.3 is 0 Å². The minimum absolute atomic E-state index is 0.0659. The Bertz CT molecular complexity index is 1500. The van der Waals surface area contributed by atoms with Crippen molar-refractivity contribution in [3.05, 3.63) is 79.4 Å². The van der Waals surface area contributed by atoms with Crippen LogP contribution in [0.4, 0.5) is 27.5 Å². The van der Waals surface area contributed by atoms with Crippen LogP contribution in [0, 0.1) is 5.82 Å². The first kappa shape index (κ1) is 23.9. The molecule has 9 nitrogen and oxygen atoms in total. The molecule has 0 atom stereocenters. The number of rotatable bonds is 7. The van der Waals surface area contributed by atoms with Gasteiger partial charge in [0.15, 0.2) is 0 Å². The highest BCUT2D eigenvalue weighted by Gasteiger charge is 2.28. The SMILES string of the molecule is C=CC(=O)Nc1cccc(-c2c(F)ccc3cnc(Nc4ccc(NC5CN(C(C)=O)C5)nc4)nc23)c1. The van der Waals surface area contributed by atoms with E-state index in [4.69, 9.17) is 0 Å². The molecule has 2 aromatic carbocycles. The maximum absolute atomic E-state index is 15.1. The number of aromatic nitrogens is 3. The minimum Gasteiger partial charge on any atom is -0.364 e. The van der Waals surface area contributed by atoms with Crippen molar-refractivity contribution in [3.8, 4) is 11.1 Å². The Balaban J connectivity index is 1.37. The first-order valence-corrected chi connectivity index (χ1v) is 11.6. The molecule has 3 heterocycles. The van der Waals surface area contributed by atoms with E-state index in [9.17, 15) is 9.59 Å². The van der Waals surface area contributed by atoms with Gasteiger partial charge in [0, 0.05) is 42.8 Å². The van der Waals surface area contributed by atoms with E-state index in [1.807, 2.05) is 12.1 Å². The Morgan fingerprint density at radius 3 is 2.65 bits per heavy atom. The third-order valence-electron chi connectivity index (χ3n) is 6.00. The van der Waals surface area contributed by atoms with Gasteiger partial charge in [-0.2, -0.15) is 0 Å². The molecular weight excluding hydrogens is 473 g/mol. The lowest BCUT2D eigenvalue weighted by Gasteiger charge is -2.39. The summed E-state index contributed by atoms with van der Waals surface area (Å²) in [6, 6.07) is 13.7. The maximum atomic E-state index is 15.1. The average molecular weight is 498 g/mol. The Hall–Kier alpha value is -4.86. The molecule has 186 valence electrons. The molecule has 2 amide bonds. The van der Waals surface area contributed by atoms with Gasteiger partial charge in [-0.1, -0.05) is 18.7 Å². The fourth-order valence-corrected chi connectivity index (χ4v) is 4.07. The van der Waals surface area contributed by atoms with E-state index >= 15 is 4.39 Å². The normalized spacial score (nSPS) is 13.1. The predicted octanol–water partition coefficient (Wildman–Crippen LogP) is 4.34. The molecule has 1 aliphatic heterocycles. The molecule has 0 unspecified atom stereocenters. The lowest BCUT2D eigenvalue weighted by Crippen LogP contribution is -2.56. The third-order valence-corrected chi connectivity index (χ3v) is 6.00. The highest BCUT2D eigenvalue weighted by molar-refractivity contribution is 6.00. The van der Waals surface area contributed by atoms with Crippen LogP contribution in [-0.4, -0.2) is 50.8 Å². The Morgan fingerprint density at radius 1 is 1.08 bits per heavy atom. The number of likely N-dealkylation sites (tertiary alicyclic amines) is 1. The monoisotopic (exact) mass is 497 g/mol. The second-order valence-electron chi connectivity index (χ2n) is 8.65. The van der Waals surface area contributed by atoms with Crippen molar-refractivity contribution >= 4 is 45.9 Å². The van der Waals surface area contributed by atoms with Crippen LogP contribution in [0.25, 0.3) is 22.0 Å². The summed E-state index contributed by atoms with van der Waals surface area (Å²) >= 11 is 0. The molecular formula is C27H24FN7O2. The van der Waals surface area contributed by atoms with Gasteiger partial charge in [-0.05, 0) is 48.0 Å². The van der Waals surface area contributed by atoms with E-state index in [0.717, 1.165) is 0 Å². The summed E-state index contributed by atoms with van der Waals surface area (Å²) in [5, 5.41) is 9.76. The topological polar surface area (TPSA) is 112 Å².